The van der Waals surface area contributed by atoms with Crippen LogP contribution in [0.1, 0.15) is 55.5 Å². The highest BCUT2D eigenvalue weighted by atomic mass is 16.5. The summed E-state index contributed by atoms with van der Waals surface area (Å²) in [5, 5.41) is 45.9. The zero-order chi connectivity index (χ0) is 27.4. The number of aliphatic hydroxyl groups is 4. The number of Topliss-reactive ketones (excluding diaryl/α,β-unsaturated/α-hetero) is 2. The Morgan fingerprint density at radius 3 is 2.49 bits per heavy atom. The number of hydrogen-bond acceptors (Lipinski definition) is 9. The summed E-state index contributed by atoms with van der Waals surface area (Å²) < 4.78 is 5.86. The molecule has 6 N–H and O–H groups in total. The van der Waals surface area contributed by atoms with E-state index in [0.29, 0.717) is 24.5 Å². The summed E-state index contributed by atoms with van der Waals surface area (Å²) >= 11 is 0. The van der Waals surface area contributed by atoms with Gasteiger partial charge < -0.3 is 30.9 Å². The van der Waals surface area contributed by atoms with Crippen molar-refractivity contribution in [3.8, 4) is 5.75 Å². The molecule has 200 valence electrons. The van der Waals surface area contributed by atoms with Gasteiger partial charge in [-0.2, -0.15) is 0 Å². The van der Waals surface area contributed by atoms with Gasteiger partial charge in [-0.25, -0.2) is 0 Å². The van der Waals surface area contributed by atoms with Gasteiger partial charge in [-0.3, -0.25) is 19.3 Å². The molecule has 0 spiro atoms. The number of unbranched alkanes of at least 4 members (excludes halogenated alkanes) is 1. The van der Waals surface area contributed by atoms with Crippen LogP contribution in [0.15, 0.2) is 40.9 Å². The van der Waals surface area contributed by atoms with E-state index in [1.807, 2.05) is 6.92 Å². The van der Waals surface area contributed by atoms with Crippen molar-refractivity contribution in [3.05, 3.63) is 52.0 Å². The Morgan fingerprint density at radius 1 is 1.22 bits per heavy atom. The molecule has 0 saturated carbocycles. The quantitative estimate of drug-likeness (QED) is 0.267. The fourth-order valence-corrected chi connectivity index (χ4v) is 6.13. The lowest BCUT2D eigenvalue weighted by molar-refractivity contribution is -0.162. The van der Waals surface area contributed by atoms with Gasteiger partial charge in [0, 0.05) is 11.5 Å². The normalized spacial score (nSPS) is 31.3. The van der Waals surface area contributed by atoms with Gasteiger partial charge in [0.05, 0.1) is 30.2 Å². The van der Waals surface area contributed by atoms with Crippen molar-refractivity contribution in [2.75, 3.05) is 20.2 Å². The number of fused-ring (bicyclic) bond motifs is 3. The number of nitrogens with two attached hydrogens (primary N) is 1. The van der Waals surface area contributed by atoms with Crippen molar-refractivity contribution in [2.45, 2.75) is 57.3 Å². The van der Waals surface area contributed by atoms with E-state index < -0.39 is 70.1 Å². The number of likely N-dealkylation sites (N-methyl/N-ethyl adjacent to an activating group) is 1. The van der Waals surface area contributed by atoms with Gasteiger partial charge in [-0.05, 0) is 37.6 Å². The van der Waals surface area contributed by atoms with E-state index in [4.69, 9.17) is 10.5 Å². The summed E-state index contributed by atoms with van der Waals surface area (Å²) in [5.74, 6) is -7.66. The lowest BCUT2D eigenvalue weighted by Crippen LogP contribution is -2.68. The summed E-state index contributed by atoms with van der Waals surface area (Å²) in [6, 6.07) is 3.89. The molecule has 37 heavy (non-hydrogen) atoms. The molecule has 1 aromatic rings. The summed E-state index contributed by atoms with van der Waals surface area (Å²) in [6.07, 6.45) is 0.0927. The molecular formula is C27H34N2O8. The standard InChI is InChI=1S/C27H34N2O8/c1-5-7-11-37-14-10-8-9-13-12(3)15-17(21(30)16(13)14)24(33)27(36)19(22(15)31)20(29(4)6-2)23(32)18(25(27)34)26(28)35/h8-10,12,15,19-20,22,31-33,36H,5-7,11H2,1-4H3,(H2,28,35)/t12-,15+,19+,20-,22-,27-/m0/s1. The van der Waals surface area contributed by atoms with E-state index in [2.05, 4.69) is 0 Å². The molecule has 1 aromatic carbocycles. The molecule has 6 atom stereocenters. The van der Waals surface area contributed by atoms with Gasteiger partial charge >= 0.3 is 0 Å². The number of nitrogens with zero attached hydrogens (tertiary/aromatic N) is 1. The third-order valence-electron chi connectivity index (χ3n) is 8.15. The molecule has 0 bridgehead atoms. The highest BCUT2D eigenvalue weighted by Gasteiger charge is 2.67. The molecule has 3 aliphatic carbocycles. The molecule has 1 amide bonds. The molecule has 0 aliphatic heterocycles. The molecule has 0 aromatic heterocycles. The van der Waals surface area contributed by atoms with Crippen molar-refractivity contribution in [1.29, 1.82) is 0 Å². The van der Waals surface area contributed by atoms with Gasteiger partial charge in [0.15, 0.2) is 11.4 Å². The SMILES string of the molecule is CCCCOc1cccc2c1C(=O)C1=C(O)[C@]3(O)C(=O)C(C(N)=O)=C(O)[C@@H](N(C)CC)[C@@H]3[C@@H](O)[C@@H]1[C@H]2C. The number of primary amides is 1. The van der Waals surface area contributed by atoms with Gasteiger partial charge in [-0.15, -0.1) is 0 Å². The Bertz CT molecular complexity index is 1220. The second-order valence-electron chi connectivity index (χ2n) is 10.1. The van der Waals surface area contributed by atoms with E-state index >= 15 is 0 Å². The molecule has 10 heteroatoms. The number of carbonyl (C=O) groups is 3. The van der Waals surface area contributed by atoms with Crippen molar-refractivity contribution in [1.82, 2.24) is 4.90 Å². The van der Waals surface area contributed by atoms with Crippen LogP contribution in [0, 0.1) is 11.8 Å². The molecule has 0 fully saturated rings. The first-order valence-electron chi connectivity index (χ1n) is 12.6. The molecule has 3 aliphatic rings. The minimum Gasteiger partial charge on any atom is -0.510 e. The molecule has 0 heterocycles. The number of carbonyl (C=O) groups excluding carboxylic acids is 3. The molecular weight excluding hydrogens is 480 g/mol. The van der Waals surface area contributed by atoms with Crippen LogP contribution in [-0.2, 0) is 9.59 Å². The number of amides is 1. The van der Waals surface area contributed by atoms with E-state index in [1.165, 1.54) is 4.90 Å². The van der Waals surface area contributed by atoms with Crippen LogP contribution in [0.3, 0.4) is 0 Å². The molecule has 4 rings (SSSR count). The number of ketones is 2. The lowest BCUT2D eigenvalue weighted by Gasteiger charge is -2.53. The van der Waals surface area contributed by atoms with E-state index in [9.17, 15) is 34.8 Å². The fraction of sp³-hybridized carbons (Fsp3) is 0.519. The zero-order valence-electron chi connectivity index (χ0n) is 21.4. The minimum absolute atomic E-state index is 0.192. The average molecular weight is 515 g/mol. The predicted molar refractivity (Wildman–Crippen MR) is 133 cm³/mol. The average Bonchev–Trinajstić information content (AvgIpc) is 2.86. The lowest BCUT2D eigenvalue weighted by atomic mass is 9.55. The Hall–Kier alpha value is -3.21. The van der Waals surface area contributed by atoms with Crippen molar-refractivity contribution >= 4 is 17.5 Å². The summed E-state index contributed by atoms with van der Waals surface area (Å²) in [4.78, 5) is 41.1. The Morgan fingerprint density at radius 2 is 1.89 bits per heavy atom. The highest BCUT2D eigenvalue weighted by Crippen LogP contribution is 2.55. The maximum Gasteiger partial charge on any atom is 0.255 e. The molecule has 0 radical (unpaired) electrons. The van der Waals surface area contributed by atoms with E-state index in [-0.39, 0.29) is 11.1 Å². The van der Waals surface area contributed by atoms with Gasteiger partial charge in [0.2, 0.25) is 5.78 Å². The first-order valence-corrected chi connectivity index (χ1v) is 12.6. The minimum atomic E-state index is -2.86. The summed E-state index contributed by atoms with van der Waals surface area (Å²) in [7, 11) is 1.57. The molecule has 10 nitrogen and oxygen atoms in total. The van der Waals surface area contributed by atoms with Crippen LogP contribution in [0.4, 0.5) is 0 Å². The third-order valence-corrected chi connectivity index (χ3v) is 8.15. The van der Waals surface area contributed by atoms with Crippen LogP contribution in [-0.4, -0.2) is 80.7 Å². The summed E-state index contributed by atoms with van der Waals surface area (Å²) in [6.45, 7) is 6.19. The van der Waals surface area contributed by atoms with Crippen LogP contribution in [0.5, 0.6) is 5.75 Å². The second kappa shape index (κ2) is 9.59. The Labute approximate surface area is 215 Å². The van der Waals surface area contributed by atoms with Crippen LogP contribution in [0.2, 0.25) is 0 Å². The van der Waals surface area contributed by atoms with Crippen LogP contribution >= 0.6 is 0 Å². The third kappa shape index (κ3) is 3.69. The van der Waals surface area contributed by atoms with Crippen LogP contribution in [0.25, 0.3) is 0 Å². The van der Waals surface area contributed by atoms with Crippen LogP contribution < -0.4 is 10.5 Å². The topological polar surface area (TPSA) is 171 Å². The highest BCUT2D eigenvalue weighted by molar-refractivity contribution is 6.25. The van der Waals surface area contributed by atoms with Crippen molar-refractivity contribution < 1.29 is 39.5 Å². The van der Waals surface area contributed by atoms with Gasteiger partial charge in [0.1, 0.15) is 22.8 Å². The number of ether oxygens (including phenoxy) is 1. The number of aliphatic hydroxyl groups excluding tert-OH is 3. The smallest absolute Gasteiger partial charge is 0.255 e. The maximum absolute atomic E-state index is 13.9. The Balaban J connectivity index is 1.97. The molecule has 0 unspecified atom stereocenters. The maximum atomic E-state index is 13.9. The van der Waals surface area contributed by atoms with Crippen molar-refractivity contribution in [2.24, 2.45) is 17.6 Å². The predicted octanol–water partition coefficient (Wildman–Crippen LogP) is 1.52. The summed E-state index contributed by atoms with van der Waals surface area (Å²) in [5.41, 5.74) is 2.13. The largest absolute Gasteiger partial charge is 0.510 e. The van der Waals surface area contributed by atoms with Gasteiger partial charge in [0.25, 0.3) is 5.91 Å². The second-order valence-corrected chi connectivity index (χ2v) is 10.1. The Kier molecular flexibility index (Phi) is 6.96. The fourth-order valence-electron chi connectivity index (χ4n) is 6.13. The van der Waals surface area contributed by atoms with Crippen molar-refractivity contribution in [3.63, 3.8) is 0 Å². The number of hydrogen-bond donors (Lipinski definition) is 5. The van der Waals surface area contributed by atoms with Gasteiger partial charge in [-0.1, -0.05) is 39.3 Å². The first kappa shape index (κ1) is 26.8. The van der Waals surface area contributed by atoms with E-state index in [1.54, 1.807) is 39.1 Å². The monoisotopic (exact) mass is 514 g/mol. The number of benzene rings is 1. The zero-order valence-corrected chi connectivity index (χ0v) is 21.4. The number of rotatable bonds is 7. The van der Waals surface area contributed by atoms with E-state index in [0.717, 1.165) is 12.8 Å². The molecule has 0 saturated heterocycles. The first-order chi connectivity index (χ1) is 17.4.